The van der Waals surface area contributed by atoms with Crippen molar-refractivity contribution >= 4 is 0 Å². The van der Waals surface area contributed by atoms with Crippen LogP contribution in [0.5, 0.6) is 0 Å². The minimum Gasteiger partial charge on any atom is -0.312 e. The molecule has 1 saturated heterocycles. The monoisotopic (exact) mass is 274 g/mol. The van der Waals surface area contributed by atoms with Crippen LogP contribution in [0.3, 0.4) is 0 Å². The van der Waals surface area contributed by atoms with E-state index in [9.17, 15) is 0 Å². The average molecular weight is 274 g/mol. The summed E-state index contributed by atoms with van der Waals surface area (Å²) in [6.45, 7) is 8.09. The average Bonchev–Trinajstić information content (AvgIpc) is 2.41. The maximum Gasteiger partial charge on any atom is 0.0449 e. The molecule has 0 spiro atoms. The number of hydrogen-bond donors (Lipinski definition) is 1. The molecule has 0 aliphatic carbocycles. The number of likely N-dealkylation sites (tertiary alicyclic amines) is 1. The van der Waals surface area contributed by atoms with Gasteiger partial charge in [0, 0.05) is 12.6 Å². The molecule has 1 aromatic carbocycles. The molecule has 0 bridgehead atoms. The normalized spacial score (nSPS) is 19.4. The highest BCUT2D eigenvalue weighted by molar-refractivity contribution is 5.33. The van der Waals surface area contributed by atoms with Crippen LogP contribution in [0.2, 0.25) is 0 Å². The van der Waals surface area contributed by atoms with Gasteiger partial charge in [-0.25, -0.2) is 0 Å². The van der Waals surface area contributed by atoms with Crippen molar-refractivity contribution in [3.63, 3.8) is 0 Å². The van der Waals surface area contributed by atoms with E-state index in [0.717, 1.165) is 6.54 Å². The topological polar surface area (TPSA) is 15.3 Å². The first-order valence-corrected chi connectivity index (χ1v) is 8.17. The van der Waals surface area contributed by atoms with E-state index >= 15 is 0 Å². The number of nitrogens with zero attached hydrogens (tertiary/aromatic N) is 1. The molecular weight excluding hydrogens is 244 g/mol. The van der Waals surface area contributed by atoms with Crippen LogP contribution in [0.15, 0.2) is 18.2 Å². The lowest BCUT2D eigenvalue weighted by molar-refractivity contribution is 0.225. The summed E-state index contributed by atoms with van der Waals surface area (Å²) in [4.78, 5) is 2.65. The zero-order chi connectivity index (χ0) is 14.4. The molecule has 0 radical (unpaired) electrons. The van der Waals surface area contributed by atoms with Crippen molar-refractivity contribution in [3.05, 3.63) is 34.9 Å². The Morgan fingerprint density at radius 3 is 2.35 bits per heavy atom. The number of hydrogen-bond acceptors (Lipinski definition) is 2. The van der Waals surface area contributed by atoms with Crippen LogP contribution in [0, 0.1) is 13.8 Å². The second-order valence-corrected chi connectivity index (χ2v) is 6.27. The SMILES string of the molecule is CNC(CN1CCCCCCC1)c1cc(C)ccc1C. The maximum atomic E-state index is 3.53. The molecule has 112 valence electrons. The highest BCUT2D eigenvalue weighted by Crippen LogP contribution is 2.21. The Hall–Kier alpha value is -0.860. The Bertz CT molecular complexity index is 406. The van der Waals surface area contributed by atoms with Gasteiger partial charge in [0.1, 0.15) is 0 Å². The first-order chi connectivity index (χ1) is 9.70. The Kier molecular flexibility index (Phi) is 6.06. The zero-order valence-electron chi connectivity index (χ0n) is 13.4. The van der Waals surface area contributed by atoms with Crippen molar-refractivity contribution in [2.45, 2.75) is 52.0 Å². The minimum atomic E-state index is 0.453. The van der Waals surface area contributed by atoms with Crippen LogP contribution in [-0.2, 0) is 0 Å². The van der Waals surface area contributed by atoms with Crippen LogP contribution < -0.4 is 5.32 Å². The van der Waals surface area contributed by atoms with Gasteiger partial charge in [0.25, 0.3) is 0 Å². The molecule has 1 unspecified atom stereocenters. The van der Waals surface area contributed by atoms with Gasteiger partial charge in [0.2, 0.25) is 0 Å². The summed E-state index contributed by atoms with van der Waals surface area (Å²) in [5, 5.41) is 3.53. The molecule has 2 heteroatoms. The van der Waals surface area contributed by atoms with Crippen LogP contribution in [0.4, 0.5) is 0 Å². The van der Waals surface area contributed by atoms with E-state index in [1.165, 1.54) is 61.9 Å². The third kappa shape index (κ3) is 4.32. The molecule has 0 amide bonds. The largest absolute Gasteiger partial charge is 0.312 e. The number of likely N-dealkylation sites (N-methyl/N-ethyl adjacent to an activating group) is 1. The van der Waals surface area contributed by atoms with Crippen molar-refractivity contribution in [2.75, 3.05) is 26.7 Å². The van der Waals surface area contributed by atoms with Gasteiger partial charge < -0.3 is 10.2 Å². The van der Waals surface area contributed by atoms with E-state index in [-0.39, 0.29) is 0 Å². The van der Waals surface area contributed by atoms with Gasteiger partial charge in [0.15, 0.2) is 0 Å². The van der Waals surface area contributed by atoms with Gasteiger partial charge in [-0.05, 0) is 58.0 Å². The highest BCUT2D eigenvalue weighted by Gasteiger charge is 2.17. The first kappa shape index (κ1) is 15.5. The summed E-state index contributed by atoms with van der Waals surface area (Å²) in [5.74, 6) is 0. The van der Waals surface area contributed by atoms with Crippen molar-refractivity contribution in [1.29, 1.82) is 0 Å². The third-order valence-corrected chi connectivity index (χ3v) is 4.55. The quantitative estimate of drug-likeness (QED) is 0.897. The van der Waals surface area contributed by atoms with Gasteiger partial charge in [-0.2, -0.15) is 0 Å². The number of aryl methyl sites for hydroxylation is 2. The first-order valence-electron chi connectivity index (χ1n) is 8.17. The van der Waals surface area contributed by atoms with Crippen LogP contribution in [0.25, 0.3) is 0 Å². The predicted molar refractivity (Wildman–Crippen MR) is 87.2 cm³/mol. The fourth-order valence-electron chi connectivity index (χ4n) is 3.23. The van der Waals surface area contributed by atoms with Gasteiger partial charge >= 0.3 is 0 Å². The predicted octanol–water partition coefficient (Wildman–Crippen LogP) is 3.83. The molecule has 1 N–H and O–H groups in total. The molecule has 1 aliphatic rings. The van der Waals surface area contributed by atoms with E-state index in [4.69, 9.17) is 0 Å². The van der Waals surface area contributed by atoms with Gasteiger partial charge in [-0.15, -0.1) is 0 Å². The minimum absolute atomic E-state index is 0.453. The van der Waals surface area contributed by atoms with E-state index in [0.29, 0.717) is 6.04 Å². The summed E-state index contributed by atoms with van der Waals surface area (Å²) in [7, 11) is 2.09. The molecule has 1 aliphatic heterocycles. The standard InChI is InChI=1S/C18H30N2/c1-15-9-10-16(2)17(13-15)18(19-3)14-20-11-7-5-4-6-8-12-20/h9-10,13,18-19H,4-8,11-12,14H2,1-3H3. The lowest BCUT2D eigenvalue weighted by Crippen LogP contribution is -2.36. The summed E-state index contributed by atoms with van der Waals surface area (Å²) >= 11 is 0. The third-order valence-electron chi connectivity index (χ3n) is 4.55. The van der Waals surface area contributed by atoms with Crippen molar-refractivity contribution in [1.82, 2.24) is 10.2 Å². The second-order valence-electron chi connectivity index (χ2n) is 6.27. The van der Waals surface area contributed by atoms with Crippen molar-refractivity contribution < 1.29 is 0 Å². The number of nitrogens with one attached hydrogen (secondary N) is 1. The fraction of sp³-hybridized carbons (Fsp3) is 0.667. The molecule has 2 nitrogen and oxygen atoms in total. The fourth-order valence-corrected chi connectivity index (χ4v) is 3.23. The van der Waals surface area contributed by atoms with Gasteiger partial charge in [-0.3, -0.25) is 0 Å². The Labute approximate surface area is 124 Å². The van der Waals surface area contributed by atoms with Gasteiger partial charge in [0.05, 0.1) is 0 Å². The van der Waals surface area contributed by atoms with Crippen molar-refractivity contribution in [2.24, 2.45) is 0 Å². The van der Waals surface area contributed by atoms with Crippen LogP contribution >= 0.6 is 0 Å². The maximum absolute atomic E-state index is 3.53. The summed E-state index contributed by atoms with van der Waals surface area (Å²) in [6.07, 6.45) is 6.97. The van der Waals surface area contributed by atoms with E-state index in [2.05, 4.69) is 49.3 Å². The molecule has 0 aromatic heterocycles. The zero-order valence-corrected chi connectivity index (χ0v) is 13.4. The summed E-state index contributed by atoms with van der Waals surface area (Å²) in [6, 6.07) is 7.26. The number of benzene rings is 1. The van der Waals surface area contributed by atoms with Gasteiger partial charge in [-0.1, -0.05) is 43.0 Å². The number of rotatable bonds is 4. The molecular formula is C18H30N2. The molecule has 1 heterocycles. The molecule has 1 fully saturated rings. The van der Waals surface area contributed by atoms with E-state index in [1.807, 2.05) is 0 Å². The summed E-state index contributed by atoms with van der Waals surface area (Å²) < 4.78 is 0. The molecule has 20 heavy (non-hydrogen) atoms. The molecule has 1 atom stereocenters. The highest BCUT2D eigenvalue weighted by atomic mass is 15.1. The smallest absolute Gasteiger partial charge is 0.0449 e. The van der Waals surface area contributed by atoms with Crippen molar-refractivity contribution in [3.8, 4) is 0 Å². The molecule has 1 aromatic rings. The van der Waals surface area contributed by atoms with E-state index in [1.54, 1.807) is 0 Å². The van der Waals surface area contributed by atoms with E-state index < -0.39 is 0 Å². The molecule has 2 rings (SSSR count). The Balaban J connectivity index is 2.05. The Morgan fingerprint density at radius 1 is 1.05 bits per heavy atom. The van der Waals surface area contributed by atoms with Crippen LogP contribution in [-0.4, -0.2) is 31.6 Å². The molecule has 0 saturated carbocycles. The second kappa shape index (κ2) is 7.80. The summed E-state index contributed by atoms with van der Waals surface area (Å²) in [5.41, 5.74) is 4.23. The lowest BCUT2D eigenvalue weighted by Gasteiger charge is -2.30. The van der Waals surface area contributed by atoms with Crippen LogP contribution in [0.1, 0.15) is 54.8 Å². The Morgan fingerprint density at radius 2 is 1.70 bits per heavy atom. The lowest BCUT2D eigenvalue weighted by atomic mass is 9.98.